The highest BCUT2D eigenvalue weighted by atomic mass is 35.5. The average molecular weight is 353 g/mol. The summed E-state index contributed by atoms with van der Waals surface area (Å²) in [4.78, 5) is 30.3. The van der Waals surface area contributed by atoms with Crippen LogP contribution in [0.5, 0.6) is 0 Å². The number of carbonyl (C=O) groups is 2. The van der Waals surface area contributed by atoms with Crippen LogP contribution in [0.2, 0.25) is 5.15 Å². The molecular weight excluding hydrogens is 328 g/mol. The van der Waals surface area contributed by atoms with Crippen molar-refractivity contribution in [1.82, 2.24) is 15.2 Å². The van der Waals surface area contributed by atoms with Gasteiger partial charge in [-0.3, -0.25) is 9.59 Å². The van der Waals surface area contributed by atoms with Gasteiger partial charge >= 0.3 is 0 Å². The molecule has 0 bridgehead atoms. The van der Waals surface area contributed by atoms with E-state index in [2.05, 4.69) is 15.2 Å². The lowest BCUT2D eigenvalue weighted by Gasteiger charge is -2.33. The van der Waals surface area contributed by atoms with Crippen molar-refractivity contribution in [1.29, 1.82) is 0 Å². The molecule has 1 N–H and O–H groups in total. The van der Waals surface area contributed by atoms with E-state index in [0.717, 1.165) is 57.5 Å². The van der Waals surface area contributed by atoms with Crippen molar-refractivity contribution in [3.05, 3.63) is 22.8 Å². The van der Waals surface area contributed by atoms with Gasteiger partial charge in [0.2, 0.25) is 6.41 Å². The lowest BCUT2D eigenvalue weighted by Crippen LogP contribution is -2.34. The van der Waals surface area contributed by atoms with E-state index in [9.17, 15) is 9.59 Å². The molecule has 1 aromatic rings. The molecule has 0 saturated carbocycles. The summed E-state index contributed by atoms with van der Waals surface area (Å²) in [7, 11) is 3.39. The Morgan fingerprint density at radius 2 is 2.12 bits per heavy atom. The third kappa shape index (κ3) is 4.84. The molecule has 0 radical (unpaired) electrons. The summed E-state index contributed by atoms with van der Waals surface area (Å²) >= 11 is 6.19. The number of carbonyl (C=O) groups excluding carboxylic acids is 2. The van der Waals surface area contributed by atoms with Crippen LogP contribution in [0.1, 0.15) is 36.0 Å². The van der Waals surface area contributed by atoms with Crippen molar-refractivity contribution >= 4 is 29.7 Å². The number of hydrogen-bond donors (Lipinski definition) is 1. The molecule has 1 aromatic heterocycles. The van der Waals surface area contributed by atoms with Crippen LogP contribution in [-0.4, -0.2) is 55.9 Å². The van der Waals surface area contributed by atoms with Crippen LogP contribution in [0.15, 0.2) is 12.1 Å². The number of hydrogen-bond acceptors (Lipinski definition) is 4. The largest absolute Gasteiger partial charge is 0.359 e. The van der Waals surface area contributed by atoms with Crippen molar-refractivity contribution < 1.29 is 9.59 Å². The smallest absolute Gasteiger partial charge is 0.256 e. The number of aromatic nitrogens is 1. The molecule has 2 rings (SSSR count). The second-order valence-electron chi connectivity index (χ2n) is 6.35. The van der Waals surface area contributed by atoms with E-state index in [1.54, 1.807) is 20.2 Å². The summed E-state index contributed by atoms with van der Waals surface area (Å²) in [6.07, 6.45) is 5.13. The summed E-state index contributed by atoms with van der Waals surface area (Å²) in [5.41, 5.74) is 0.433. The van der Waals surface area contributed by atoms with Gasteiger partial charge in [0, 0.05) is 33.7 Å². The molecule has 0 atom stereocenters. The Morgan fingerprint density at radius 1 is 1.42 bits per heavy atom. The SMILES string of the molecule is CN(C)C(=O)c1ccc(N2CCC(CCCNC=O)CC2)nc1Cl. The van der Waals surface area contributed by atoms with Gasteiger partial charge in [-0.1, -0.05) is 11.6 Å². The Balaban J connectivity index is 1.89. The van der Waals surface area contributed by atoms with E-state index in [1.807, 2.05) is 6.07 Å². The van der Waals surface area contributed by atoms with Gasteiger partial charge in [-0.25, -0.2) is 4.98 Å². The first-order valence-electron chi connectivity index (χ1n) is 8.33. The molecule has 6 nitrogen and oxygen atoms in total. The highest BCUT2D eigenvalue weighted by Crippen LogP contribution is 2.27. The topological polar surface area (TPSA) is 65.5 Å². The van der Waals surface area contributed by atoms with E-state index in [-0.39, 0.29) is 11.1 Å². The summed E-state index contributed by atoms with van der Waals surface area (Å²) in [5, 5.41) is 2.96. The van der Waals surface area contributed by atoms with Crippen LogP contribution < -0.4 is 10.2 Å². The van der Waals surface area contributed by atoms with E-state index >= 15 is 0 Å². The average Bonchev–Trinajstić information content (AvgIpc) is 2.58. The number of nitrogens with one attached hydrogen (secondary N) is 1. The minimum absolute atomic E-state index is 0.137. The zero-order valence-electron chi connectivity index (χ0n) is 14.3. The van der Waals surface area contributed by atoms with Gasteiger partial charge in [0.25, 0.3) is 5.91 Å². The number of amides is 2. The molecule has 24 heavy (non-hydrogen) atoms. The fourth-order valence-electron chi connectivity index (χ4n) is 3.00. The molecule has 7 heteroatoms. The van der Waals surface area contributed by atoms with Crippen LogP contribution in [0.25, 0.3) is 0 Å². The van der Waals surface area contributed by atoms with Gasteiger partial charge in [-0.2, -0.15) is 0 Å². The molecule has 2 heterocycles. The van der Waals surface area contributed by atoms with Gasteiger partial charge in [-0.05, 0) is 43.7 Å². The summed E-state index contributed by atoms with van der Waals surface area (Å²) in [5.74, 6) is 1.39. The molecule has 1 saturated heterocycles. The minimum atomic E-state index is -0.137. The Bertz CT molecular complexity index is 572. The lowest BCUT2D eigenvalue weighted by molar-refractivity contribution is -0.109. The lowest BCUT2D eigenvalue weighted by atomic mass is 9.92. The molecule has 0 unspecified atom stereocenters. The predicted octanol–water partition coefficient (Wildman–Crippen LogP) is 2.18. The number of nitrogens with zero attached hydrogens (tertiary/aromatic N) is 3. The van der Waals surface area contributed by atoms with Crippen molar-refractivity contribution in [2.24, 2.45) is 5.92 Å². The first-order valence-corrected chi connectivity index (χ1v) is 8.71. The fraction of sp³-hybridized carbons (Fsp3) is 0.588. The normalized spacial score (nSPS) is 15.2. The third-order valence-corrected chi connectivity index (χ3v) is 4.71. The van der Waals surface area contributed by atoms with Crippen LogP contribution in [0.3, 0.4) is 0 Å². The van der Waals surface area contributed by atoms with Crippen molar-refractivity contribution in [2.75, 3.05) is 38.6 Å². The van der Waals surface area contributed by atoms with E-state index in [0.29, 0.717) is 11.5 Å². The van der Waals surface area contributed by atoms with Crippen LogP contribution in [-0.2, 0) is 4.79 Å². The molecule has 1 fully saturated rings. The molecule has 0 aromatic carbocycles. The maximum Gasteiger partial charge on any atom is 0.256 e. The van der Waals surface area contributed by atoms with Crippen molar-refractivity contribution in [2.45, 2.75) is 25.7 Å². The minimum Gasteiger partial charge on any atom is -0.359 e. The Morgan fingerprint density at radius 3 is 2.71 bits per heavy atom. The Kier molecular flexibility index (Phi) is 6.85. The quantitative estimate of drug-likeness (QED) is 0.464. The van der Waals surface area contributed by atoms with Crippen LogP contribution in [0, 0.1) is 5.92 Å². The summed E-state index contributed by atoms with van der Waals surface area (Å²) in [6, 6.07) is 3.63. The maximum absolute atomic E-state index is 12.0. The van der Waals surface area contributed by atoms with E-state index in [4.69, 9.17) is 11.6 Å². The number of anilines is 1. The molecular formula is C17H25ClN4O2. The van der Waals surface area contributed by atoms with Crippen LogP contribution >= 0.6 is 11.6 Å². The first kappa shape index (κ1) is 18.5. The molecule has 0 aliphatic carbocycles. The predicted molar refractivity (Wildman–Crippen MR) is 95.5 cm³/mol. The van der Waals surface area contributed by atoms with Crippen molar-refractivity contribution in [3.63, 3.8) is 0 Å². The van der Waals surface area contributed by atoms with Gasteiger partial charge in [0.15, 0.2) is 0 Å². The molecule has 1 aliphatic heterocycles. The summed E-state index contributed by atoms with van der Waals surface area (Å²) in [6.45, 7) is 2.63. The van der Waals surface area contributed by atoms with Crippen LogP contribution in [0.4, 0.5) is 5.82 Å². The first-order chi connectivity index (χ1) is 11.5. The summed E-state index contributed by atoms with van der Waals surface area (Å²) < 4.78 is 0. The monoisotopic (exact) mass is 352 g/mol. The number of piperidine rings is 1. The van der Waals surface area contributed by atoms with E-state index in [1.165, 1.54) is 4.90 Å². The van der Waals surface area contributed by atoms with E-state index < -0.39 is 0 Å². The number of pyridine rings is 1. The van der Waals surface area contributed by atoms with Gasteiger partial charge in [0.05, 0.1) is 5.56 Å². The number of halogens is 1. The fourth-order valence-corrected chi connectivity index (χ4v) is 3.23. The van der Waals surface area contributed by atoms with Crippen molar-refractivity contribution in [3.8, 4) is 0 Å². The zero-order chi connectivity index (χ0) is 17.5. The highest BCUT2D eigenvalue weighted by molar-refractivity contribution is 6.32. The second-order valence-corrected chi connectivity index (χ2v) is 6.71. The molecule has 1 aliphatic rings. The third-order valence-electron chi connectivity index (χ3n) is 4.43. The number of rotatable bonds is 7. The molecule has 132 valence electrons. The molecule has 0 spiro atoms. The second kappa shape index (κ2) is 8.87. The van der Waals surface area contributed by atoms with Gasteiger partial charge in [-0.15, -0.1) is 0 Å². The highest BCUT2D eigenvalue weighted by Gasteiger charge is 2.21. The maximum atomic E-state index is 12.0. The Labute approximate surface area is 148 Å². The Hall–Kier alpha value is -1.82. The van der Waals surface area contributed by atoms with Gasteiger partial charge < -0.3 is 15.1 Å². The molecule has 2 amide bonds. The van der Waals surface area contributed by atoms with Gasteiger partial charge in [0.1, 0.15) is 11.0 Å². The zero-order valence-corrected chi connectivity index (χ0v) is 15.1. The standard InChI is InChI=1S/C17H25ClN4O2/c1-21(2)17(24)14-5-6-15(20-16(14)18)22-10-7-13(8-11-22)4-3-9-19-12-23/h5-6,12-13H,3-4,7-11H2,1-2H3,(H,19,23).